The molecule has 18 heavy (non-hydrogen) atoms. The first-order chi connectivity index (χ1) is 8.61. The third-order valence-corrected chi connectivity index (χ3v) is 4.38. The van der Waals surface area contributed by atoms with Gasteiger partial charge in [0.05, 0.1) is 19.2 Å². The topological polar surface area (TPSA) is 69.8 Å². The zero-order valence-electron chi connectivity index (χ0n) is 11.2. The lowest BCUT2D eigenvalue weighted by Crippen LogP contribution is -2.48. The minimum atomic E-state index is 0.0181. The Hall–Kier alpha value is -0.650. The van der Waals surface area contributed by atoms with E-state index in [-0.39, 0.29) is 18.6 Å². The highest BCUT2D eigenvalue weighted by molar-refractivity contribution is 5.79. The molecule has 2 heterocycles. The molecule has 5 nitrogen and oxygen atoms in total. The van der Waals surface area contributed by atoms with Crippen LogP contribution in [-0.4, -0.2) is 65.7 Å². The van der Waals surface area contributed by atoms with Gasteiger partial charge in [0, 0.05) is 25.7 Å². The SMILES string of the molecule is CC1CCN(C(=O)CN2CCC(N)CC2)C1CO. The number of aliphatic hydroxyl groups is 1. The maximum absolute atomic E-state index is 12.3. The van der Waals surface area contributed by atoms with E-state index in [1.54, 1.807) is 0 Å². The molecule has 2 aliphatic rings. The molecule has 0 bridgehead atoms. The number of piperidine rings is 1. The Kier molecular flexibility index (Phi) is 4.59. The highest BCUT2D eigenvalue weighted by Crippen LogP contribution is 2.23. The summed E-state index contributed by atoms with van der Waals surface area (Å²) in [6.45, 7) is 5.29. The molecular formula is C13H25N3O2. The van der Waals surface area contributed by atoms with Gasteiger partial charge in [-0.05, 0) is 25.2 Å². The summed E-state index contributed by atoms with van der Waals surface area (Å²) in [5.41, 5.74) is 5.86. The first-order valence-corrected chi connectivity index (χ1v) is 7.00. The summed E-state index contributed by atoms with van der Waals surface area (Å²) < 4.78 is 0. The van der Waals surface area contributed by atoms with Crippen LogP contribution < -0.4 is 5.73 Å². The maximum atomic E-state index is 12.3. The van der Waals surface area contributed by atoms with Crippen LogP contribution in [-0.2, 0) is 4.79 Å². The van der Waals surface area contributed by atoms with Gasteiger partial charge < -0.3 is 15.7 Å². The number of nitrogens with two attached hydrogens (primary N) is 1. The number of nitrogens with zero attached hydrogens (tertiary/aromatic N) is 2. The van der Waals surface area contributed by atoms with Crippen LogP contribution in [0.4, 0.5) is 0 Å². The van der Waals surface area contributed by atoms with Gasteiger partial charge in [-0.1, -0.05) is 6.92 Å². The first-order valence-electron chi connectivity index (χ1n) is 7.00. The van der Waals surface area contributed by atoms with E-state index in [1.165, 1.54) is 0 Å². The molecule has 2 saturated heterocycles. The van der Waals surface area contributed by atoms with Crippen molar-refractivity contribution in [2.75, 3.05) is 32.8 Å². The largest absolute Gasteiger partial charge is 0.394 e. The Morgan fingerprint density at radius 3 is 2.56 bits per heavy atom. The molecule has 0 aromatic carbocycles. The second-order valence-electron chi connectivity index (χ2n) is 5.72. The van der Waals surface area contributed by atoms with Crippen molar-refractivity contribution < 1.29 is 9.90 Å². The van der Waals surface area contributed by atoms with Gasteiger partial charge in [-0.2, -0.15) is 0 Å². The third-order valence-electron chi connectivity index (χ3n) is 4.38. The van der Waals surface area contributed by atoms with Crippen molar-refractivity contribution in [3.05, 3.63) is 0 Å². The van der Waals surface area contributed by atoms with Crippen LogP contribution >= 0.6 is 0 Å². The first kappa shape index (κ1) is 13.8. The van der Waals surface area contributed by atoms with Crippen LogP contribution in [0.1, 0.15) is 26.2 Å². The Bertz CT molecular complexity index is 290. The lowest BCUT2D eigenvalue weighted by atomic mass is 10.0. The normalized spacial score (nSPS) is 30.9. The second kappa shape index (κ2) is 5.99. The zero-order valence-corrected chi connectivity index (χ0v) is 11.2. The van der Waals surface area contributed by atoms with E-state index >= 15 is 0 Å². The number of likely N-dealkylation sites (tertiary alicyclic amines) is 2. The van der Waals surface area contributed by atoms with Gasteiger partial charge in [0.15, 0.2) is 0 Å². The number of carbonyl (C=O) groups excluding carboxylic acids is 1. The number of rotatable bonds is 3. The molecule has 3 N–H and O–H groups in total. The standard InChI is InChI=1S/C13H25N3O2/c1-10-2-7-16(12(10)9-17)13(18)8-15-5-3-11(14)4-6-15/h10-12,17H,2-9,14H2,1H3. The molecule has 0 spiro atoms. The minimum absolute atomic E-state index is 0.0181. The smallest absolute Gasteiger partial charge is 0.237 e. The van der Waals surface area contributed by atoms with Crippen LogP contribution in [0.15, 0.2) is 0 Å². The van der Waals surface area contributed by atoms with Gasteiger partial charge in [0.1, 0.15) is 0 Å². The van der Waals surface area contributed by atoms with Gasteiger partial charge in [0.25, 0.3) is 0 Å². The van der Waals surface area contributed by atoms with E-state index in [9.17, 15) is 9.90 Å². The van der Waals surface area contributed by atoms with Gasteiger partial charge in [-0.3, -0.25) is 9.69 Å². The number of amides is 1. The molecule has 2 fully saturated rings. The number of aliphatic hydroxyl groups excluding tert-OH is 1. The average molecular weight is 255 g/mol. The molecule has 2 unspecified atom stereocenters. The van der Waals surface area contributed by atoms with Crippen LogP contribution in [0.25, 0.3) is 0 Å². The van der Waals surface area contributed by atoms with Crippen molar-refractivity contribution >= 4 is 5.91 Å². The summed E-state index contributed by atoms with van der Waals surface area (Å²) in [6, 6.07) is 0.317. The summed E-state index contributed by atoms with van der Waals surface area (Å²) in [4.78, 5) is 16.3. The number of hydrogen-bond donors (Lipinski definition) is 2. The monoisotopic (exact) mass is 255 g/mol. The minimum Gasteiger partial charge on any atom is -0.394 e. The summed E-state index contributed by atoms with van der Waals surface area (Å²) in [6.07, 6.45) is 2.96. The third kappa shape index (κ3) is 3.02. The summed E-state index contributed by atoms with van der Waals surface area (Å²) in [7, 11) is 0. The van der Waals surface area contributed by atoms with Crippen molar-refractivity contribution in [3.63, 3.8) is 0 Å². The van der Waals surface area contributed by atoms with Crippen molar-refractivity contribution in [3.8, 4) is 0 Å². The summed E-state index contributed by atoms with van der Waals surface area (Å²) in [5.74, 6) is 0.572. The zero-order chi connectivity index (χ0) is 13.1. The van der Waals surface area contributed by atoms with Crippen LogP contribution in [0.5, 0.6) is 0 Å². The Morgan fingerprint density at radius 2 is 1.94 bits per heavy atom. The average Bonchev–Trinajstić information content (AvgIpc) is 2.73. The molecule has 2 aliphatic heterocycles. The fraction of sp³-hybridized carbons (Fsp3) is 0.923. The van der Waals surface area contributed by atoms with E-state index < -0.39 is 0 Å². The van der Waals surface area contributed by atoms with E-state index in [0.29, 0.717) is 18.5 Å². The number of carbonyl (C=O) groups is 1. The number of hydrogen-bond acceptors (Lipinski definition) is 4. The summed E-state index contributed by atoms with van der Waals surface area (Å²) >= 11 is 0. The van der Waals surface area contributed by atoms with Crippen molar-refractivity contribution in [2.24, 2.45) is 11.7 Å². The van der Waals surface area contributed by atoms with Crippen molar-refractivity contribution in [1.29, 1.82) is 0 Å². The fourth-order valence-corrected chi connectivity index (χ4v) is 2.99. The molecule has 1 amide bonds. The fourth-order valence-electron chi connectivity index (χ4n) is 2.99. The van der Waals surface area contributed by atoms with Gasteiger partial charge in [-0.15, -0.1) is 0 Å². The molecule has 0 aromatic rings. The molecule has 2 atom stereocenters. The molecule has 2 rings (SSSR count). The van der Waals surface area contributed by atoms with Crippen LogP contribution in [0, 0.1) is 5.92 Å². The Labute approximate surface area is 109 Å². The maximum Gasteiger partial charge on any atom is 0.237 e. The van der Waals surface area contributed by atoms with E-state index in [0.717, 1.165) is 38.9 Å². The van der Waals surface area contributed by atoms with E-state index in [4.69, 9.17) is 5.73 Å². The Morgan fingerprint density at radius 1 is 1.28 bits per heavy atom. The highest BCUT2D eigenvalue weighted by atomic mass is 16.3. The molecule has 5 heteroatoms. The predicted molar refractivity (Wildman–Crippen MR) is 70.0 cm³/mol. The van der Waals surface area contributed by atoms with Crippen molar-refractivity contribution in [1.82, 2.24) is 9.80 Å². The predicted octanol–water partition coefficient (Wildman–Crippen LogP) is -0.361. The quantitative estimate of drug-likeness (QED) is 0.722. The van der Waals surface area contributed by atoms with Crippen LogP contribution in [0.2, 0.25) is 0 Å². The molecule has 104 valence electrons. The molecule has 0 radical (unpaired) electrons. The Balaban J connectivity index is 1.84. The second-order valence-corrected chi connectivity index (χ2v) is 5.72. The summed E-state index contributed by atoms with van der Waals surface area (Å²) in [5, 5.41) is 9.37. The van der Waals surface area contributed by atoms with E-state index in [2.05, 4.69) is 11.8 Å². The molecule has 0 aliphatic carbocycles. The van der Waals surface area contributed by atoms with Gasteiger partial charge in [-0.25, -0.2) is 0 Å². The lowest BCUT2D eigenvalue weighted by Gasteiger charge is -2.32. The van der Waals surface area contributed by atoms with Crippen molar-refractivity contribution in [2.45, 2.75) is 38.3 Å². The molecule has 0 saturated carbocycles. The molecular weight excluding hydrogens is 230 g/mol. The lowest BCUT2D eigenvalue weighted by molar-refractivity contribution is -0.134. The van der Waals surface area contributed by atoms with Crippen LogP contribution in [0.3, 0.4) is 0 Å². The van der Waals surface area contributed by atoms with Gasteiger partial charge >= 0.3 is 0 Å². The highest BCUT2D eigenvalue weighted by Gasteiger charge is 2.34. The molecule has 0 aromatic heterocycles. The van der Waals surface area contributed by atoms with Gasteiger partial charge in [0.2, 0.25) is 5.91 Å². The van der Waals surface area contributed by atoms with E-state index in [1.807, 2.05) is 4.90 Å².